The summed E-state index contributed by atoms with van der Waals surface area (Å²) in [5, 5.41) is 20.1. The first-order valence-corrected chi connectivity index (χ1v) is 9.04. The third-order valence-electron chi connectivity index (χ3n) is 1.78. The Hall–Kier alpha value is -3.13. The quantitative estimate of drug-likeness (QED) is 0.314. The third-order valence-corrected chi connectivity index (χ3v) is 2.51. The molecular formula is C14H20N3O9P. The molecule has 0 saturated carbocycles. The SMILES string of the molecule is CC(=O)NC#N.CCOP(C)(=O)O.O=c1cco[nH]1.O=c1ccocc1O. The van der Waals surface area contributed by atoms with Crippen LogP contribution in [-0.4, -0.2) is 34.3 Å². The Morgan fingerprint density at radius 2 is 2.04 bits per heavy atom. The fraction of sp³-hybridized carbons (Fsp3) is 0.286. The van der Waals surface area contributed by atoms with Crippen LogP contribution in [0.25, 0.3) is 0 Å². The number of aromatic amines is 1. The molecule has 0 aliphatic rings. The van der Waals surface area contributed by atoms with E-state index >= 15 is 0 Å². The number of nitrogens with one attached hydrogen (secondary N) is 2. The molecule has 150 valence electrons. The third kappa shape index (κ3) is 20.8. The van der Waals surface area contributed by atoms with Crippen molar-refractivity contribution in [2.24, 2.45) is 0 Å². The second kappa shape index (κ2) is 15.2. The van der Waals surface area contributed by atoms with Crippen molar-refractivity contribution in [2.45, 2.75) is 13.8 Å². The number of nitrogens with zero attached hydrogens (tertiary/aromatic N) is 1. The van der Waals surface area contributed by atoms with Gasteiger partial charge in [-0.3, -0.25) is 24.3 Å². The summed E-state index contributed by atoms with van der Waals surface area (Å²) in [6.45, 7) is 4.41. The molecule has 27 heavy (non-hydrogen) atoms. The molecule has 1 amide bonds. The van der Waals surface area contributed by atoms with Gasteiger partial charge in [-0.2, -0.15) is 10.4 Å². The molecule has 0 fully saturated rings. The van der Waals surface area contributed by atoms with E-state index in [1.807, 2.05) is 5.32 Å². The Labute approximate surface area is 153 Å². The topological polar surface area (TPSA) is 196 Å². The van der Waals surface area contributed by atoms with Gasteiger partial charge in [0.1, 0.15) is 12.5 Å². The molecule has 0 aliphatic heterocycles. The summed E-state index contributed by atoms with van der Waals surface area (Å²) in [5.41, 5.74) is -0.619. The van der Waals surface area contributed by atoms with Gasteiger partial charge in [0.25, 0.3) is 5.56 Å². The number of H-pyrrole nitrogens is 1. The Morgan fingerprint density at radius 3 is 2.19 bits per heavy atom. The normalized spacial score (nSPS) is 10.8. The van der Waals surface area contributed by atoms with Crippen LogP contribution in [0.2, 0.25) is 0 Å². The lowest BCUT2D eigenvalue weighted by molar-refractivity contribution is -0.117. The second-order valence-electron chi connectivity index (χ2n) is 4.21. The molecule has 1 atom stereocenters. The average Bonchev–Trinajstić information content (AvgIpc) is 3.02. The molecule has 0 radical (unpaired) electrons. The number of carbonyl (C=O) groups is 1. The largest absolute Gasteiger partial charge is 0.502 e. The first-order chi connectivity index (χ1) is 12.5. The summed E-state index contributed by atoms with van der Waals surface area (Å²) >= 11 is 0. The van der Waals surface area contributed by atoms with Gasteiger partial charge in [-0.05, 0) is 6.92 Å². The maximum atomic E-state index is 10.3. The zero-order valence-corrected chi connectivity index (χ0v) is 15.6. The van der Waals surface area contributed by atoms with Gasteiger partial charge in [0, 0.05) is 25.7 Å². The minimum atomic E-state index is -3.17. The minimum absolute atomic E-state index is 0.199. The number of hydrogen-bond donors (Lipinski definition) is 4. The highest BCUT2D eigenvalue weighted by atomic mass is 31.2. The van der Waals surface area contributed by atoms with E-state index in [0.29, 0.717) is 6.61 Å². The molecule has 1 unspecified atom stereocenters. The van der Waals surface area contributed by atoms with Gasteiger partial charge in [-0.1, -0.05) is 0 Å². The van der Waals surface area contributed by atoms with E-state index in [2.05, 4.69) is 18.6 Å². The van der Waals surface area contributed by atoms with Crippen molar-refractivity contribution in [3.63, 3.8) is 0 Å². The monoisotopic (exact) mass is 405 g/mol. The van der Waals surface area contributed by atoms with Crippen LogP contribution in [0.5, 0.6) is 5.75 Å². The zero-order valence-electron chi connectivity index (χ0n) is 14.7. The number of hydrogen-bond acceptors (Lipinski definition) is 9. The highest BCUT2D eigenvalue weighted by Crippen LogP contribution is 2.35. The van der Waals surface area contributed by atoms with E-state index in [-0.39, 0.29) is 17.2 Å². The number of rotatable bonds is 2. The predicted octanol–water partition coefficient (Wildman–Crippen LogP) is 0.755. The summed E-state index contributed by atoms with van der Waals surface area (Å²) in [6, 6.07) is 2.45. The van der Waals surface area contributed by atoms with Gasteiger partial charge in [0.15, 0.2) is 11.9 Å². The molecule has 0 aliphatic carbocycles. The molecule has 0 spiro atoms. The van der Waals surface area contributed by atoms with Crippen molar-refractivity contribution >= 4 is 13.5 Å². The van der Waals surface area contributed by atoms with Crippen molar-refractivity contribution < 1.29 is 32.8 Å². The van der Waals surface area contributed by atoms with E-state index in [1.165, 1.54) is 31.7 Å². The second-order valence-corrected chi connectivity index (χ2v) is 6.07. The number of nitriles is 1. The van der Waals surface area contributed by atoms with Crippen LogP contribution in [0, 0.1) is 11.5 Å². The molecular weight excluding hydrogens is 385 g/mol. The standard InChI is InChI=1S/C5H4O3.C3H4N2O.C3H3NO2.C3H9O3P/c6-4-1-2-8-3-5(4)7;1-3(6)5-2-4;5-3-1-2-6-4-3;1-3-6-7(2,4)5/h1-3,7H;1H3,(H,5,6);1-2H,(H,4,5);3H2,1-2H3,(H,4,5). The van der Waals surface area contributed by atoms with Gasteiger partial charge in [0.05, 0.1) is 12.9 Å². The van der Waals surface area contributed by atoms with E-state index in [9.17, 15) is 18.9 Å². The Kier molecular flexibility index (Phi) is 14.6. The summed E-state index contributed by atoms with van der Waals surface area (Å²) < 4.78 is 23.2. The highest BCUT2D eigenvalue weighted by Gasteiger charge is 2.05. The van der Waals surface area contributed by atoms with Crippen molar-refractivity contribution in [2.75, 3.05) is 13.3 Å². The lowest BCUT2D eigenvalue weighted by Crippen LogP contribution is -2.11. The number of carbonyl (C=O) groups excluding carboxylic acids is 1. The van der Waals surface area contributed by atoms with E-state index in [1.54, 1.807) is 6.92 Å². The summed E-state index contributed by atoms with van der Waals surface area (Å²) in [6.07, 6.45) is 4.96. The van der Waals surface area contributed by atoms with E-state index < -0.39 is 13.0 Å². The van der Waals surface area contributed by atoms with Crippen molar-refractivity contribution in [1.29, 1.82) is 5.26 Å². The van der Waals surface area contributed by atoms with Crippen LogP contribution in [0.4, 0.5) is 0 Å². The molecule has 0 saturated heterocycles. The number of aromatic hydroxyl groups is 1. The van der Waals surface area contributed by atoms with Crippen LogP contribution >= 0.6 is 7.60 Å². The number of aromatic nitrogens is 1. The van der Waals surface area contributed by atoms with Gasteiger partial charge < -0.3 is 23.5 Å². The smallest absolute Gasteiger partial charge is 0.325 e. The lowest BCUT2D eigenvalue weighted by atomic mass is 10.5. The van der Waals surface area contributed by atoms with E-state index in [0.717, 1.165) is 19.0 Å². The molecule has 12 nitrogen and oxygen atoms in total. The minimum Gasteiger partial charge on any atom is -0.502 e. The Morgan fingerprint density at radius 1 is 1.41 bits per heavy atom. The van der Waals surface area contributed by atoms with Crippen molar-refractivity contribution in [3.05, 3.63) is 51.5 Å². The van der Waals surface area contributed by atoms with Gasteiger partial charge in [0.2, 0.25) is 11.3 Å². The molecule has 13 heteroatoms. The first-order valence-electron chi connectivity index (χ1n) is 7.01. The van der Waals surface area contributed by atoms with Crippen LogP contribution in [0.3, 0.4) is 0 Å². The average molecular weight is 405 g/mol. The van der Waals surface area contributed by atoms with Crippen molar-refractivity contribution in [1.82, 2.24) is 10.5 Å². The van der Waals surface area contributed by atoms with Crippen LogP contribution < -0.4 is 16.3 Å². The van der Waals surface area contributed by atoms with Crippen molar-refractivity contribution in [3.8, 4) is 11.9 Å². The first kappa shape index (κ1) is 26.1. The van der Waals surface area contributed by atoms with Gasteiger partial charge in [-0.25, -0.2) is 0 Å². The summed E-state index contributed by atoms with van der Waals surface area (Å²) in [5.74, 6) is -0.676. The molecule has 2 heterocycles. The Bertz CT molecular complexity index is 827. The highest BCUT2D eigenvalue weighted by molar-refractivity contribution is 7.51. The fourth-order valence-electron chi connectivity index (χ4n) is 0.888. The predicted molar refractivity (Wildman–Crippen MR) is 92.8 cm³/mol. The molecule has 2 aromatic heterocycles. The Balaban J connectivity index is 0. The lowest BCUT2D eigenvalue weighted by Gasteiger charge is -2.00. The van der Waals surface area contributed by atoms with Gasteiger partial charge in [-0.15, -0.1) is 0 Å². The van der Waals surface area contributed by atoms with E-state index in [4.69, 9.17) is 15.3 Å². The van der Waals surface area contributed by atoms with Gasteiger partial charge >= 0.3 is 7.60 Å². The molecule has 4 N–H and O–H groups in total. The fourth-order valence-corrected chi connectivity index (χ4v) is 1.37. The maximum Gasteiger partial charge on any atom is 0.325 e. The van der Waals surface area contributed by atoms with Crippen LogP contribution in [-0.2, 0) is 13.9 Å². The molecule has 2 aromatic rings. The molecule has 0 aromatic carbocycles. The number of amides is 1. The summed E-state index contributed by atoms with van der Waals surface area (Å²) in [4.78, 5) is 38.3. The van der Waals surface area contributed by atoms with Crippen LogP contribution in [0.1, 0.15) is 13.8 Å². The zero-order chi connectivity index (χ0) is 21.3. The summed E-state index contributed by atoms with van der Waals surface area (Å²) in [7, 11) is -3.17. The molecule has 2 rings (SSSR count). The maximum absolute atomic E-state index is 10.3. The molecule has 0 bridgehead atoms. The van der Waals surface area contributed by atoms with Crippen LogP contribution in [0.15, 0.2) is 49.5 Å².